The zero-order chi connectivity index (χ0) is 13.8. The second-order valence-corrected chi connectivity index (χ2v) is 3.71. The topological polar surface area (TPSA) is 140 Å². The highest BCUT2D eigenvalue weighted by atomic mass is 16.5. The molecule has 102 valence electrons. The maximum atomic E-state index is 10.8. The molecule has 0 radical (unpaired) electrons. The minimum atomic E-state index is -1.12. The van der Waals surface area contributed by atoms with Crippen LogP contribution in [-0.4, -0.2) is 44.1 Å². The quantitative estimate of drug-likeness (QED) is 0.654. The lowest BCUT2D eigenvalue weighted by molar-refractivity contribution is -0.138. The van der Waals surface area contributed by atoms with Gasteiger partial charge >= 0.3 is 5.97 Å². The number of hydrogen-bond donors (Lipinski definition) is 3. The van der Waals surface area contributed by atoms with E-state index >= 15 is 0 Å². The summed E-state index contributed by atoms with van der Waals surface area (Å²) in [6.07, 6.45) is 1.32. The summed E-state index contributed by atoms with van der Waals surface area (Å²) in [5.74, 6) is -0.290. The van der Waals surface area contributed by atoms with Gasteiger partial charge in [0.25, 0.3) is 5.88 Å². The van der Waals surface area contributed by atoms with E-state index in [1.54, 1.807) is 6.92 Å². The van der Waals surface area contributed by atoms with Crippen LogP contribution >= 0.6 is 0 Å². The van der Waals surface area contributed by atoms with Gasteiger partial charge in [0, 0.05) is 6.42 Å². The molecule has 0 saturated carbocycles. The predicted molar refractivity (Wildman–Crippen MR) is 62.4 cm³/mol. The molecule has 2 aromatic heterocycles. The van der Waals surface area contributed by atoms with Crippen molar-refractivity contribution >= 4 is 5.97 Å². The highest BCUT2D eigenvalue weighted by molar-refractivity contribution is 5.74. The molecular formula is C10H13N5O4. The van der Waals surface area contributed by atoms with Crippen molar-refractivity contribution in [2.45, 2.75) is 19.4 Å². The largest absolute Gasteiger partial charge is 0.480 e. The van der Waals surface area contributed by atoms with Crippen LogP contribution in [0.3, 0.4) is 0 Å². The van der Waals surface area contributed by atoms with Crippen LogP contribution in [0.25, 0.3) is 11.6 Å². The summed E-state index contributed by atoms with van der Waals surface area (Å²) < 4.78 is 10.4. The van der Waals surface area contributed by atoms with E-state index < -0.39 is 12.0 Å². The minimum absolute atomic E-state index is 0.0181. The molecule has 0 aliphatic rings. The monoisotopic (exact) mass is 267 g/mol. The Morgan fingerprint density at radius 2 is 2.47 bits per heavy atom. The number of ether oxygens (including phenoxy) is 1. The van der Waals surface area contributed by atoms with Crippen LogP contribution in [0.5, 0.6) is 5.88 Å². The first kappa shape index (κ1) is 13.0. The molecular weight excluding hydrogens is 254 g/mol. The summed E-state index contributed by atoms with van der Waals surface area (Å²) in [5, 5.41) is 18.9. The molecule has 0 amide bonds. The summed E-state index contributed by atoms with van der Waals surface area (Å²) in [4.78, 5) is 14.8. The standard InChI is InChI=1S/C10H13N5O4/c1-2-18-9-5(3-6(11)10(16)17)7(19-15-9)8-12-4-13-14-8/h4,6H,2-3,11H2,1H3,(H,16,17)(H,12,13,14)/t6-/m0/s1. The summed E-state index contributed by atoms with van der Waals surface area (Å²) in [5.41, 5.74) is 5.98. The van der Waals surface area contributed by atoms with Gasteiger partial charge in [-0.3, -0.25) is 9.89 Å². The smallest absolute Gasteiger partial charge is 0.320 e. The number of aromatic nitrogens is 4. The van der Waals surface area contributed by atoms with Gasteiger partial charge in [-0.05, 0) is 12.1 Å². The lowest BCUT2D eigenvalue weighted by Gasteiger charge is -2.06. The first-order valence-electron chi connectivity index (χ1n) is 5.59. The predicted octanol–water partition coefficient (Wildman–Crippen LogP) is -0.187. The van der Waals surface area contributed by atoms with Gasteiger partial charge in [0.15, 0.2) is 5.82 Å². The van der Waals surface area contributed by atoms with Gasteiger partial charge < -0.3 is 20.1 Å². The highest BCUT2D eigenvalue weighted by Gasteiger charge is 2.25. The van der Waals surface area contributed by atoms with Crippen molar-refractivity contribution in [3.8, 4) is 17.5 Å². The average molecular weight is 267 g/mol. The van der Waals surface area contributed by atoms with Crippen molar-refractivity contribution in [3.05, 3.63) is 11.9 Å². The minimum Gasteiger partial charge on any atom is -0.480 e. The zero-order valence-corrected chi connectivity index (χ0v) is 10.2. The van der Waals surface area contributed by atoms with E-state index in [4.69, 9.17) is 20.1 Å². The Kier molecular flexibility index (Phi) is 3.76. The van der Waals surface area contributed by atoms with Crippen molar-refractivity contribution < 1.29 is 19.2 Å². The zero-order valence-electron chi connectivity index (χ0n) is 10.2. The van der Waals surface area contributed by atoms with Crippen LogP contribution in [0.4, 0.5) is 0 Å². The van der Waals surface area contributed by atoms with Crippen LogP contribution < -0.4 is 10.5 Å². The van der Waals surface area contributed by atoms with Gasteiger partial charge in [-0.1, -0.05) is 0 Å². The molecule has 0 aliphatic heterocycles. The molecule has 4 N–H and O–H groups in total. The Labute approximate surface area is 107 Å². The number of nitrogens with two attached hydrogens (primary N) is 1. The number of hydrogen-bond acceptors (Lipinski definition) is 7. The summed E-state index contributed by atoms with van der Waals surface area (Å²) >= 11 is 0. The Balaban J connectivity index is 2.36. The highest BCUT2D eigenvalue weighted by Crippen LogP contribution is 2.29. The van der Waals surface area contributed by atoms with E-state index in [1.807, 2.05) is 0 Å². The number of aromatic amines is 1. The SMILES string of the molecule is CCOc1noc(-c2ncn[nH]2)c1C[C@H](N)C(=O)O. The van der Waals surface area contributed by atoms with Gasteiger partial charge in [0.2, 0.25) is 5.76 Å². The average Bonchev–Trinajstić information content (AvgIpc) is 3.00. The van der Waals surface area contributed by atoms with Gasteiger partial charge in [0.1, 0.15) is 12.4 Å². The molecule has 2 aromatic rings. The molecule has 0 aliphatic carbocycles. The second kappa shape index (κ2) is 5.48. The van der Waals surface area contributed by atoms with Crippen molar-refractivity contribution in [2.24, 2.45) is 5.73 Å². The summed E-state index contributed by atoms with van der Waals surface area (Å²) in [6, 6.07) is -1.08. The van der Waals surface area contributed by atoms with Crippen molar-refractivity contribution in [3.63, 3.8) is 0 Å². The van der Waals surface area contributed by atoms with E-state index in [-0.39, 0.29) is 18.1 Å². The molecule has 0 unspecified atom stereocenters. The molecule has 0 aromatic carbocycles. The van der Waals surface area contributed by atoms with Crippen molar-refractivity contribution in [1.29, 1.82) is 0 Å². The number of nitrogens with one attached hydrogen (secondary N) is 1. The van der Waals surface area contributed by atoms with Gasteiger partial charge in [-0.25, -0.2) is 4.98 Å². The fourth-order valence-corrected chi connectivity index (χ4v) is 1.53. The van der Waals surface area contributed by atoms with Crippen LogP contribution in [0.2, 0.25) is 0 Å². The summed E-state index contributed by atoms with van der Waals surface area (Å²) in [6.45, 7) is 2.15. The first-order valence-corrected chi connectivity index (χ1v) is 5.59. The van der Waals surface area contributed by atoms with E-state index in [2.05, 4.69) is 20.3 Å². The molecule has 9 heteroatoms. The third-order valence-corrected chi connectivity index (χ3v) is 2.40. The number of nitrogens with zero attached hydrogens (tertiary/aromatic N) is 3. The molecule has 19 heavy (non-hydrogen) atoms. The Hall–Kier alpha value is -2.42. The molecule has 2 heterocycles. The first-order chi connectivity index (χ1) is 9.13. The molecule has 2 rings (SSSR count). The lowest BCUT2D eigenvalue weighted by atomic mass is 10.1. The second-order valence-electron chi connectivity index (χ2n) is 3.71. The molecule has 1 atom stereocenters. The molecule has 0 fully saturated rings. The molecule has 0 saturated heterocycles. The number of H-pyrrole nitrogens is 1. The van der Waals surface area contributed by atoms with Crippen LogP contribution in [0, 0.1) is 0 Å². The van der Waals surface area contributed by atoms with Crippen molar-refractivity contribution in [1.82, 2.24) is 20.3 Å². The number of aliphatic carboxylic acids is 1. The normalized spacial score (nSPS) is 12.3. The van der Waals surface area contributed by atoms with E-state index in [0.29, 0.717) is 18.0 Å². The Morgan fingerprint density at radius 3 is 3.05 bits per heavy atom. The van der Waals surface area contributed by atoms with Gasteiger partial charge in [-0.2, -0.15) is 5.10 Å². The molecule has 9 nitrogen and oxygen atoms in total. The molecule has 0 spiro atoms. The number of carbonyl (C=O) groups is 1. The maximum absolute atomic E-state index is 10.8. The van der Waals surface area contributed by atoms with E-state index in [1.165, 1.54) is 6.33 Å². The molecule has 0 bridgehead atoms. The number of carboxylic acids is 1. The fraction of sp³-hybridized carbons (Fsp3) is 0.400. The maximum Gasteiger partial charge on any atom is 0.320 e. The third-order valence-electron chi connectivity index (χ3n) is 2.40. The van der Waals surface area contributed by atoms with E-state index in [9.17, 15) is 4.79 Å². The number of carboxylic acid groups (broad SMARTS) is 1. The summed E-state index contributed by atoms with van der Waals surface area (Å²) in [7, 11) is 0. The van der Waals surface area contributed by atoms with E-state index in [0.717, 1.165) is 0 Å². The van der Waals surface area contributed by atoms with Crippen LogP contribution in [-0.2, 0) is 11.2 Å². The third kappa shape index (κ3) is 2.71. The van der Waals surface area contributed by atoms with Crippen LogP contribution in [0.1, 0.15) is 12.5 Å². The van der Waals surface area contributed by atoms with Gasteiger partial charge in [0.05, 0.1) is 12.2 Å². The number of rotatable bonds is 6. The fourth-order valence-electron chi connectivity index (χ4n) is 1.53. The lowest BCUT2D eigenvalue weighted by Crippen LogP contribution is -2.32. The Morgan fingerprint density at radius 1 is 1.68 bits per heavy atom. The van der Waals surface area contributed by atoms with Gasteiger partial charge in [-0.15, -0.1) is 0 Å². The Bertz CT molecular complexity index is 550. The van der Waals surface area contributed by atoms with Crippen molar-refractivity contribution in [2.75, 3.05) is 6.61 Å². The van der Waals surface area contributed by atoms with Crippen LogP contribution in [0.15, 0.2) is 10.9 Å².